The zero-order valence-corrected chi connectivity index (χ0v) is 10.3. The minimum atomic E-state index is -0.928. The van der Waals surface area contributed by atoms with Gasteiger partial charge in [-0.3, -0.25) is 0 Å². The molecule has 100 valence electrons. The third-order valence-corrected chi connectivity index (χ3v) is 2.77. The molecule has 19 heavy (non-hydrogen) atoms. The van der Waals surface area contributed by atoms with Crippen molar-refractivity contribution >= 4 is 0 Å². The van der Waals surface area contributed by atoms with Crippen molar-refractivity contribution in [2.75, 3.05) is 7.11 Å². The molecule has 0 radical (unpaired) electrons. The number of hydrogen-bond acceptors (Lipinski definition) is 3. The molecule has 0 amide bonds. The Morgan fingerprint density at radius 1 is 1.26 bits per heavy atom. The van der Waals surface area contributed by atoms with E-state index in [1.807, 2.05) is 0 Å². The first-order valence-corrected chi connectivity index (χ1v) is 5.72. The summed E-state index contributed by atoms with van der Waals surface area (Å²) >= 11 is 0. The normalized spacial score (nSPS) is 12.2. The molecule has 1 aromatic carbocycles. The van der Waals surface area contributed by atoms with Crippen LogP contribution in [0.2, 0.25) is 0 Å². The molecule has 0 fully saturated rings. The Hall–Kier alpha value is -2.01. The van der Waals surface area contributed by atoms with E-state index in [2.05, 4.69) is 4.98 Å². The second kappa shape index (κ2) is 5.75. The van der Waals surface area contributed by atoms with Gasteiger partial charge in [-0.1, -0.05) is 6.07 Å². The Morgan fingerprint density at radius 3 is 2.74 bits per heavy atom. The average molecular weight is 265 g/mol. The topological polar surface area (TPSA) is 42.4 Å². The van der Waals surface area contributed by atoms with E-state index in [0.717, 1.165) is 12.1 Å². The van der Waals surface area contributed by atoms with Crippen LogP contribution < -0.4 is 4.74 Å². The van der Waals surface area contributed by atoms with Crippen molar-refractivity contribution in [3.63, 3.8) is 0 Å². The second-order valence-electron chi connectivity index (χ2n) is 4.07. The predicted octanol–water partition coefficient (Wildman–Crippen LogP) is 2.64. The van der Waals surface area contributed by atoms with Gasteiger partial charge in [0, 0.05) is 18.2 Å². The van der Waals surface area contributed by atoms with Crippen molar-refractivity contribution in [1.82, 2.24) is 4.98 Å². The van der Waals surface area contributed by atoms with E-state index < -0.39 is 17.7 Å². The Morgan fingerprint density at radius 2 is 2.05 bits per heavy atom. The quantitative estimate of drug-likeness (QED) is 0.924. The van der Waals surface area contributed by atoms with E-state index in [0.29, 0.717) is 17.0 Å². The van der Waals surface area contributed by atoms with Gasteiger partial charge in [-0.15, -0.1) is 0 Å². The first kappa shape index (κ1) is 13.4. The third kappa shape index (κ3) is 3.06. The molecule has 2 rings (SSSR count). The van der Waals surface area contributed by atoms with Crippen molar-refractivity contribution in [3.8, 4) is 5.88 Å². The number of ether oxygens (including phenoxy) is 1. The molecule has 3 nitrogen and oxygen atoms in total. The second-order valence-corrected chi connectivity index (χ2v) is 4.07. The molecule has 0 saturated carbocycles. The Kier molecular flexibility index (Phi) is 4.06. The molecule has 1 heterocycles. The summed E-state index contributed by atoms with van der Waals surface area (Å²) in [4.78, 5) is 3.98. The summed E-state index contributed by atoms with van der Waals surface area (Å²) in [6.07, 6.45) is 0.805. The fraction of sp³-hybridized carbons (Fsp3) is 0.214. The van der Waals surface area contributed by atoms with Gasteiger partial charge >= 0.3 is 0 Å². The van der Waals surface area contributed by atoms with Crippen molar-refractivity contribution in [2.24, 2.45) is 0 Å². The highest BCUT2D eigenvalue weighted by atomic mass is 19.2. The van der Waals surface area contributed by atoms with E-state index in [4.69, 9.17) is 4.74 Å². The molecule has 0 saturated heterocycles. The summed E-state index contributed by atoms with van der Waals surface area (Å²) in [5.41, 5.74) is 1.01. The maximum atomic E-state index is 13.1. The fourth-order valence-corrected chi connectivity index (χ4v) is 1.83. The molecule has 0 bridgehead atoms. The fourth-order valence-electron chi connectivity index (χ4n) is 1.83. The summed E-state index contributed by atoms with van der Waals surface area (Å²) in [6.45, 7) is 0. The lowest BCUT2D eigenvalue weighted by Gasteiger charge is -2.13. The standard InChI is InChI=1S/C14H13F2NO2/c1-19-14-10(3-2-6-17-14)13(18)8-9-4-5-11(15)12(16)7-9/h2-7,13,18H,8H2,1H3. The third-order valence-electron chi connectivity index (χ3n) is 2.77. The van der Waals surface area contributed by atoms with Gasteiger partial charge in [0.15, 0.2) is 11.6 Å². The van der Waals surface area contributed by atoms with Crippen LogP contribution in [0.5, 0.6) is 5.88 Å². The number of nitrogens with zero attached hydrogens (tertiary/aromatic N) is 1. The molecule has 0 aliphatic heterocycles. The number of aliphatic hydroxyl groups is 1. The highest BCUT2D eigenvalue weighted by Gasteiger charge is 2.15. The number of halogens is 2. The lowest BCUT2D eigenvalue weighted by atomic mass is 10.0. The summed E-state index contributed by atoms with van der Waals surface area (Å²) in [7, 11) is 1.45. The number of aromatic nitrogens is 1. The van der Waals surface area contributed by atoms with Crippen molar-refractivity contribution in [3.05, 3.63) is 59.3 Å². The van der Waals surface area contributed by atoms with Gasteiger partial charge in [-0.05, 0) is 29.8 Å². The number of aliphatic hydroxyl groups excluding tert-OH is 1. The Labute approximate surface area is 109 Å². The van der Waals surface area contributed by atoms with Crippen LogP contribution in [0.4, 0.5) is 8.78 Å². The summed E-state index contributed by atoms with van der Waals surface area (Å²) < 4.78 is 30.9. The zero-order valence-electron chi connectivity index (χ0n) is 10.3. The largest absolute Gasteiger partial charge is 0.481 e. The minimum absolute atomic E-state index is 0.152. The van der Waals surface area contributed by atoms with Crippen molar-refractivity contribution in [1.29, 1.82) is 0 Å². The van der Waals surface area contributed by atoms with Crippen LogP contribution in [-0.4, -0.2) is 17.2 Å². The molecule has 1 unspecified atom stereocenters. The first-order chi connectivity index (χ1) is 9.11. The maximum absolute atomic E-state index is 13.1. The molecule has 0 spiro atoms. The smallest absolute Gasteiger partial charge is 0.218 e. The molecular weight excluding hydrogens is 252 g/mol. The van der Waals surface area contributed by atoms with Gasteiger partial charge in [0.2, 0.25) is 5.88 Å². The molecule has 1 atom stereocenters. The maximum Gasteiger partial charge on any atom is 0.218 e. The van der Waals surface area contributed by atoms with Crippen LogP contribution >= 0.6 is 0 Å². The average Bonchev–Trinajstić information content (AvgIpc) is 2.43. The van der Waals surface area contributed by atoms with Gasteiger partial charge in [0.25, 0.3) is 0 Å². The predicted molar refractivity (Wildman–Crippen MR) is 65.8 cm³/mol. The van der Waals surface area contributed by atoms with Crippen molar-refractivity contribution in [2.45, 2.75) is 12.5 Å². The van der Waals surface area contributed by atoms with E-state index in [-0.39, 0.29) is 6.42 Å². The van der Waals surface area contributed by atoms with Crippen molar-refractivity contribution < 1.29 is 18.6 Å². The summed E-state index contributed by atoms with van der Waals surface area (Å²) in [5.74, 6) is -1.52. The lowest BCUT2D eigenvalue weighted by Crippen LogP contribution is -2.05. The highest BCUT2D eigenvalue weighted by Crippen LogP contribution is 2.25. The monoisotopic (exact) mass is 265 g/mol. The number of methoxy groups -OCH3 is 1. The number of pyridine rings is 1. The minimum Gasteiger partial charge on any atom is -0.481 e. The van der Waals surface area contributed by atoms with Gasteiger partial charge in [0.1, 0.15) is 0 Å². The van der Waals surface area contributed by atoms with E-state index in [9.17, 15) is 13.9 Å². The number of benzene rings is 1. The van der Waals surface area contributed by atoms with Crippen LogP contribution in [0.15, 0.2) is 36.5 Å². The SMILES string of the molecule is COc1ncccc1C(O)Cc1ccc(F)c(F)c1. The molecule has 0 aliphatic carbocycles. The van der Waals surface area contributed by atoms with Crippen LogP contribution in [0.3, 0.4) is 0 Å². The van der Waals surface area contributed by atoms with Crippen LogP contribution in [0, 0.1) is 11.6 Å². The van der Waals surface area contributed by atoms with Gasteiger partial charge in [-0.2, -0.15) is 0 Å². The highest BCUT2D eigenvalue weighted by molar-refractivity contribution is 5.30. The number of rotatable bonds is 4. The van der Waals surface area contributed by atoms with Gasteiger partial charge in [-0.25, -0.2) is 13.8 Å². The Bertz CT molecular complexity index is 575. The van der Waals surface area contributed by atoms with Crippen LogP contribution in [0.1, 0.15) is 17.2 Å². The molecule has 0 aliphatic rings. The zero-order chi connectivity index (χ0) is 13.8. The van der Waals surface area contributed by atoms with Gasteiger partial charge < -0.3 is 9.84 Å². The first-order valence-electron chi connectivity index (χ1n) is 5.72. The molecular formula is C14H13F2NO2. The molecule has 2 aromatic rings. The Balaban J connectivity index is 2.20. The number of hydrogen-bond donors (Lipinski definition) is 1. The summed E-state index contributed by atoms with van der Waals surface area (Å²) in [5, 5.41) is 10.1. The summed E-state index contributed by atoms with van der Waals surface area (Å²) in [6, 6.07) is 6.90. The van der Waals surface area contributed by atoms with E-state index in [1.54, 1.807) is 18.3 Å². The van der Waals surface area contributed by atoms with E-state index >= 15 is 0 Å². The van der Waals surface area contributed by atoms with Gasteiger partial charge in [0.05, 0.1) is 13.2 Å². The van der Waals surface area contributed by atoms with E-state index in [1.165, 1.54) is 13.2 Å². The van der Waals surface area contributed by atoms with Crippen LogP contribution in [0.25, 0.3) is 0 Å². The molecule has 1 N–H and O–H groups in total. The molecule has 5 heteroatoms. The lowest BCUT2D eigenvalue weighted by molar-refractivity contribution is 0.172. The van der Waals surface area contributed by atoms with Crippen LogP contribution in [-0.2, 0) is 6.42 Å². The molecule has 1 aromatic heterocycles.